The van der Waals surface area contributed by atoms with Gasteiger partial charge in [-0.1, -0.05) is 30.3 Å². The normalized spacial score (nSPS) is 20.6. The number of amides is 1. The molecule has 2 aromatic rings. The molecule has 5 nitrogen and oxygen atoms in total. The number of hydrogen-bond acceptors (Lipinski definition) is 3. The summed E-state index contributed by atoms with van der Waals surface area (Å²) in [6.07, 6.45) is 9.91. The molecule has 0 unspecified atom stereocenters. The van der Waals surface area contributed by atoms with Gasteiger partial charge in [-0.25, -0.2) is 4.98 Å². The van der Waals surface area contributed by atoms with Crippen molar-refractivity contribution in [3.05, 3.63) is 54.6 Å². The maximum absolute atomic E-state index is 12.8. The Kier molecular flexibility index (Phi) is 6.23. The van der Waals surface area contributed by atoms with E-state index in [1.807, 2.05) is 16.8 Å². The molecule has 2 atom stereocenters. The number of carbonyl (C=O) groups excluding carboxylic acids is 1. The second-order valence-corrected chi connectivity index (χ2v) is 6.66. The minimum Gasteiger partial charge on any atom is -0.379 e. The third kappa shape index (κ3) is 4.69. The number of methoxy groups -OCH3 is 1. The average Bonchev–Trinajstić information content (AvgIpc) is 3.16. The zero-order valence-corrected chi connectivity index (χ0v) is 14.9. The fraction of sp³-hybridized carbons (Fsp3) is 0.500. The number of ether oxygens (including phenoxy) is 1. The first-order valence-corrected chi connectivity index (χ1v) is 9.10. The largest absolute Gasteiger partial charge is 0.379 e. The Morgan fingerprint density at radius 1 is 1.32 bits per heavy atom. The highest BCUT2D eigenvalue weighted by Gasteiger charge is 2.34. The van der Waals surface area contributed by atoms with Crippen molar-refractivity contribution in [2.45, 2.75) is 50.8 Å². The standard InChI is InChI=1S/C20H27N3O2/c1-25-19-9-5-13-23(18(19)15-17-7-3-2-4-8-17)20(24)10-6-12-22-14-11-21-16-22/h2-4,7-8,11,14,16,18-19H,5-6,9-10,12-13,15H2,1H3/t18-,19-/m0/s1. The fourth-order valence-corrected chi connectivity index (χ4v) is 3.68. The summed E-state index contributed by atoms with van der Waals surface area (Å²) in [6, 6.07) is 10.5. The van der Waals surface area contributed by atoms with Crippen LogP contribution in [0.4, 0.5) is 0 Å². The number of aryl methyl sites for hydroxylation is 1. The summed E-state index contributed by atoms with van der Waals surface area (Å²) in [5, 5.41) is 0. The molecule has 25 heavy (non-hydrogen) atoms. The smallest absolute Gasteiger partial charge is 0.222 e. The van der Waals surface area contributed by atoms with Crippen LogP contribution in [-0.2, 0) is 22.5 Å². The van der Waals surface area contributed by atoms with E-state index in [1.165, 1.54) is 5.56 Å². The van der Waals surface area contributed by atoms with E-state index >= 15 is 0 Å². The van der Waals surface area contributed by atoms with Gasteiger partial charge in [0.2, 0.25) is 5.91 Å². The molecule has 1 aliphatic heterocycles. The van der Waals surface area contributed by atoms with Gasteiger partial charge in [0.15, 0.2) is 0 Å². The van der Waals surface area contributed by atoms with Crippen LogP contribution in [-0.4, -0.2) is 46.2 Å². The van der Waals surface area contributed by atoms with Crippen molar-refractivity contribution in [1.82, 2.24) is 14.5 Å². The molecule has 2 heterocycles. The lowest BCUT2D eigenvalue weighted by molar-refractivity contribution is -0.139. The molecule has 0 saturated carbocycles. The van der Waals surface area contributed by atoms with Crippen LogP contribution in [0.25, 0.3) is 0 Å². The zero-order chi connectivity index (χ0) is 17.5. The first-order valence-electron chi connectivity index (χ1n) is 9.10. The highest BCUT2D eigenvalue weighted by atomic mass is 16.5. The van der Waals surface area contributed by atoms with E-state index in [1.54, 1.807) is 19.6 Å². The third-order valence-corrected chi connectivity index (χ3v) is 4.99. The van der Waals surface area contributed by atoms with Crippen LogP contribution in [0, 0.1) is 0 Å². The molecule has 1 fully saturated rings. The van der Waals surface area contributed by atoms with Crippen LogP contribution in [0.5, 0.6) is 0 Å². The van der Waals surface area contributed by atoms with Gasteiger partial charge < -0.3 is 14.2 Å². The van der Waals surface area contributed by atoms with Gasteiger partial charge >= 0.3 is 0 Å². The van der Waals surface area contributed by atoms with E-state index in [-0.39, 0.29) is 18.1 Å². The molecule has 0 N–H and O–H groups in total. The average molecular weight is 341 g/mol. The molecule has 0 aliphatic carbocycles. The molecule has 0 bridgehead atoms. The molecular formula is C20H27N3O2. The highest BCUT2D eigenvalue weighted by molar-refractivity contribution is 5.76. The fourth-order valence-electron chi connectivity index (χ4n) is 3.68. The summed E-state index contributed by atoms with van der Waals surface area (Å²) < 4.78 is 7.73. The topological polar surface area (TPSA) is 47.4 Å². The van der Waals surface area contributed by atoms with E-state index in [2.05, 4.69) is 34.1 Å². The Hall–Kier alpha value is -2.14. The summed E-state index contributed by atoms with van der Waals surface area (Å²) >= 11 is 0. The van der Waals surface area contributed by atoms with Crippen LogP contribution in [0.3, 0.4) is 0 Å². The summed E-state index contributed by atoms with van der Waals surface area (Å²) in [5.74, 6) is 0.239. The predicted molar refractivity (Wildman–Crippen MR) is 97.1 cm³/mol. The molecule has 1 aromatic heterocycles. The van der Waals surface area contributed by atoms with Crippen LogP contribution >= 0.6 is 0 Å². The molecule has 1 saturated heterocycles. The van der Waals surface area contributed by atoms with E-state index < -0.39 is 0 Å². The lowest BCUT2D eigenvalue weighted by atomic mass is 9.92. The Bertz CT molecular complexity index is 642. The van der Waals surface area contributed by atoms with Crippen molar-refractivity contribution in [2.75, 3.05) is 13.7 Å². The molecule has 3 rings (SSSR count). The second-order valence-electron chi connectivity index (χ2n) is 6.66. The van der Waals surface area contributed by atoms with Gasteiger partial charge in [-0.2, -0.15) is 0 Å². The monoisotopic (exact) mass is 341 g/mol. The number of hydrogen-bond donors (Lipinski definition) is 0. The first kappa shape index (κ1) is 17.7. The highest BCUT2D eigenvalue weighted by Crippen LogP contribution is 2.24. The van der Waals surface area contributed by atoms with Crippen LogP contribution in [0.15, 0.2) is 49.1 Å². The molecule has 0 spiro atoms. The third-order valence-electron chi connectivity index (χ3n) is 4.99. The quantitative estimate of drug-likeness (QED) is 0.778. The molecule has 1 aliphatic rings. The van der Waals surface area contributed by atoms with Crippen LogP contribution in [0.2, 0.25) is 0 Å². The molecule has 1 amide bonds. The molecule has 1 aromatic carbocycles. The zero-order valence-electron chi connectivity index (χ0n) is 14.9. The number of imidazole rings is 1. The lowest BCUT2D eigenvalue weighted by Crippen LogP contribution is -2.52. The van der Waals surface area contributed by atoms with E-state index in [9.17, 15) is 4.79 Å². The lowest BCUT2D eigenvalue weighted by Gasteiger charge is -2.41. The van der Waals surface area contributed by atoms with E-state index in [4.69, 9.17) is 4.74 Å². The maximum atomic E-state index is 12.8. The van der Waals surface area contributed by atoms with Gasteiger partial charge in [0, 0.05) is 39.0 Å². The first-order chi connectivity index (χ1) is 12.3. The van der Waals surface area contributed by atoms with Gasteiger partial charge in [0.25, 0.3) is 0 Å². The van der Waals surface area contributed by atoms with Gasteiger partial charge in [-0.3, -0.25) is 4.79 Å². The Balaban J connectivity index is 1.62. The van der Waals surface area contributed by atoms with Crippen LogP contribution in [0.1, 0.15) is 31.2 Å². The molecular weight excluding hydrogens is 314 g/mol. The predicted octanol–water partition coefficient (Wildman–Crippen LogP) is 2.91. The summed E-state index contributed by atoms with van der Waals surface area (Å²) in [5.41, 5.74) is 1.26. The van der Waals surface area contributed by atoms with Gasteiger partial charge in [0.1, 0.15) is 0 Å². The van der Waals surface area contributed by atoms with E-state index in [0.717, 1.165) is 38.8 Å². The number of benzene rings is 1. The van der Waals surface area contributed by atoms with Gasteiger partial charge in [0.05, 0.1) is 18.5 Å². The minimum absolute atomic E-state index is 0.117. The Morgan fingerprint density at radius 2 is 2.16 bits per heavy atom. The number of likely N-dealkylation sites (tertiary alicyclic amines) is 1. The molecule has 134 valence electrons. The number of carbonyl (C=O) groups is 1. The summed E-state index contributed by atoms with van der Waals surface area (Å²) in [6.45, 7) is 1.66. The van der Waals surface area contributed by atoms with Crippen molar-refractivity contribution in [3.63, 3.8) is 0 Å². The number of rotatable bonds is 7. The molecule has 0 radical (unpaired) electrons. The number of aromatic nitrogens is 2. The van der Waals surface area contributed by atoms with E-state index in [0.29, 0.717) is 6.42 Å². The van der Waals surface area contributed by atoms with Gasteiger partial charge in [-0.05, 0) is 31.2 Å². The second kappa shape index (κ2) is 8.81. The van der Waals surface area contributed by atoms with Crippen molar-refractivity contribution in [3.8, 4) is 0 Å². The van der Waals surface area contributed by atoms with Crippen molar-refractivity contribution >= 4 is 5.91 Å². The molecule has 5 heteroatoms. The SMILES string of the molecule is CO[C@H]1CCCN(C(=O)CCCn2ccnc2)[C@H]1Cc1ccccc1. The number of piperidine rings is 1. The maximum Gasteiger partial charge on any atom is 0.222 e. The summed E-state index contributed by atoms with van der Waals surface area (Å²) in [7, 11) is 1.76. The summed E-state index contributed by atoms with van der Waals surface area (Å²) in [4.78, 5) is 18.9. The van der Waals surface area contributed by atoms with Crippen molar-refractivity contribution < 1.29 is 9.53 Å². The van der Waals surface area contributed by atoms with Crippen molar-refractivity contribution in [2.24, 2.45) is 0 Å². The Morgan fingerprint density at radius 3 is 2.88 bits per heavy atom. The van der Waals surface area contributed by atoms with Crippen LogP contribution < -0.4 is 0 Å². The van der Waals surface area contributed by atoms with Crippen molar-refractivity contribution in [1.29, 1.82) is 0 Å². The van der Waals surface area contributed by atoms with Gasteiger partial charge in [-0.15, -0.1) is 0 Å². The number of nitrogens with zero attached hydrogens (tertiary/aromatic N) is 3. The minimum atomic E-state index is 0.117. The Labute approximate surface area is 149 Å².